The number of carbonyl (C=O) groups is 1. The van der Waals surface area contributed by atoms with Gasteiger partial charge in [0.05, 0.1) is 40.1 Å². The number of aldehydes is 1. The number of rotatable bonds is 6. The number of benzene rings is 2. The third-order valence-electron chi connectivity index (χ3n) is 8.07. The molecule has 5 heterocycles. The number of hydrogen-bond acceptors (Lipinski definition) is 6. The fourth-order valence-corrected chi connectivity index (χ4v) is 6.28. The average Bonchev–Trinajstić information content (AvgIpc) is 3.58. The third-order valence-corrected chi connectivity index (χ3v) is 9.26. The van der Waals surface area contributed by atoms with Crippen molar-refractivity contribution in [3.63, 3.8) is 0 Å². The van der Waals surface area contributed by atoms with Gasteiger partial charge in [0, 0.05) is 47.8 Å². The number of alkyl halides is 2. The molecular formula is C32H23F3N4O4S. The Kier molecular flexibility index (Phi) is 6.36. The Morgan fingerprint density at radius 3 is 2.59 bits per heavy atom. The van der Waals surface area contributed by atoms with E-state index in [-0.39, 0.29) is 28.4 Å². The first-order valence-electron chi connectivity index (χ1n) is 13.6. The first kappa shape index (κ1) is 27.8. The van der Waals surface area contributed by atoms with E-state index in [0.717, 1.165) is 33.4 Å². The number of anilines is 1. The highest BCUT2D eigenvalue weighted by Gasteiger charge is 2.26. The number of aromatic nitrogens is 3. The van der Waals surface area contributed by atoms with Crippen molar-refractivity contribution in [2.24, 2.45) is 0 Å². The van der Waals surface area contributed by atoms with Gasteiger partial charge in [-0.05, 0) is 54.4 Å². The summed E-state index contributed by atoms with van der Waals surface area (Å²) in [6.07, 6.45) is 0.771. The quantitative estimate of drug-likeness (QED) is 0.187. The lowest BCUT2D eigenvalue weighted by atomic mass is 9.99. The number of furan rings is 1. The summed E-state index contributed by atoms with van der Waals surface area (Å²) in [5.74, 6) is -0.223. The normalized spacial score (nSPS) is 13.0. The number of fused-ring (bicyclic) bond motifs is 6. The Balaban J connectivity index is 1.45. The minimum absolute atomic E-state index is 0.110. The van der Waals surface area contributed by atoms with Crippen LogP contribution in [0.5, 0.6) is 0 Å². The van der Waals surface area contributed by atoms with Crippen LogP contribution in [0.4, 0.5) is 18.9 Å². The van der Waals surface area contributed by atoms with E-state index in [0.29, 0.717) is 52.5 Å². The van der Waals surface area contributed by atoms with Gasteiger partial charge in [0.15, 0.2) is 6.29 Å². The van der Waals surface area contributed by atoms with E-state index in [1.54, 1.807) is 24.3 Å². The van der Waals surface area contributed by atoms with Crippen LogP contribution in [0.1, 0.15) is 28.0 Å². The van der Waals surface area contributed by atoms with Gasteiger partial charge in [-0.15, -0.1) is 0 Å². The summed E-state index contributed by atoms with van der Waals surface area (Å²) in [7, 11) is -2.35. The first-order chi connectivity index (χ1) is 21.0. The average molecular weight is 617 g/mol. The monoisotopic (exact) mass is 616 g/mol. The minimum atomic E-state index is -3.75. The molecule has 0 radical (unpaired) electrons. The Morgan fingerprint density at radius 2 is 1.89 bits per heavy atom. The summed E-state index contributed by atoms with van der Waals surface area (Å²) in [5, 5.41) is 0.864. The van der Waals surface area contributed by atoms with Crippen LogP contribution in [-0.2, 0) is 23.0 Å². The van der Waals surface area contributed by atoms with E-state index in [1.165, 1.54) is 31.4 Å². The van der Waals surface area contributed by atoms with Crippen molar-refractivity contribution in [2.45, 2.75) is 19.4 Å². The fraction of sp³-hybridized carbons (Fsp3) is 0.156. The van der Waals surface area contributed by atoms with Gasteiger partial charge in [0.2, 0.25) is 10.0 Å². The van der Waals surface area contributed by atoms with Crippen molar-refractivity contribution >= 4 is 43.9 Å². The maximum atomic E-state index is 14.7. The maximum absolute atomic E-state index is 14.7. The molecule has 0 saturated heterocycles. The molecule has 0 aliphatic carbocycles. The molecule has 12 heteroatoms. The van der Waals surface area contributed by atoms with Crippen LogP contribution in [0.25, 0.3) is 55.8 Å². The predicted octanol–water partition coefficient (Wildman–Crippen LogP) is 7.02. The highest BCUT2D eigenvalue weighted by Crippen LogP contribution is 2.42. The zero-order valence-electron chi connectivity index (χ0n) is 23.4. The van der Waals surface area contributed by atoms with Crippen LogP contribution < -0.4 is 4.31 Å². The van der Waals surface area contributed by atoms with Crippen molar-refractivity contribution in [3.8, 4) is 34.0 Å². The standard InChI is InChI=1S/C32H23F3N4O4S/c1-38(44(2,41)42)27-14-29-19(22(16-40)31(43-29)18-7-9-25(32(34)35)36-15-18)12-21(27)24-8-6-17-10-11-39-26-5-3-4-23(33)20(26)13-28(39)30(17)37-24/h3-9,12-16,32H,10-11H2,1-2H3. The van der Waals surface area contributed by atoms with Crippen LogP contribution in [0.15, 0.2) is 71.3 Å². The fourth-order valence-electron chi connectivity index (χ4n) is 5.77. The van der Waals surface area contributed by atoms with E-state index < -0.39 is 22.1 Å². The van der Waals surface area contributed by atoms with Crippen molar-refractivity contribution in [3.05, 3.63) is 89.5 Å². The lowest BCUT2D eigenvalue weighted by Gasteiger charge is -2.22. The molecule has 8 nitrogen and oxygen atoms in total. The Morgan fingerprint density at radius 1 is 1.07 bits per heavy atom. The molecular weight excluding hydrogens is 593 g/mol. The molecule has 1 aliphatic heterocycles. The van der Waals surface area contributed by atoms with Crippen LogP contribution in [0.2, 0.25) is 0 Å². The van der Waals surface area contributed by atoms with Gasteiger partial charge in [-0.2, -0.15) is 0 Å². The number of nitrogens with zero attached hydrogens (tertiary/aromatic N) is 4. The molecule has 1 aliphatic rings. The zero-order chi connectivity index (χ0) is 30.9. The second kappa shape index (κ2) is 10.1. The largest absolute Gasteiger partial charge is 0.455 e. The van der Waals surface area contributed by atoms with Crippen LogP contribution in [-0.4, -0.2) is 42.5 Å². The van der Waals surface area contributed by atoms with E-state index in [1.807, 2.05) is 16.7 Å². The van der Waals surface area contributed by atoms with Gasteiger partial charge in [-0.25, -0.2) is 26.6 Å². The summed E-state index contributed by atoms with van der Waals surface area (Å²) in [5.41, 5.74) is 4.44. The Labute approximate surface area is 249 Å². The van der Waals surface area contributed by atoms with Crippen molar-refractivity contribution in [1.29, 1.82) is 0 Å². The van der Waals surface area contributed by atoms with Crippen LogP contribution in [0.3, 0.4) is 0 Å². The lowest BCUT2D eigenvalue weighted by molar-refractivity contribution is 0.112. The summed E-state index contributed by atoms with van der Waals surface area (Å²) in [6, 6.07) is 16.1. The van der Waals surface area contributed by atoms with Gasteiger partial charge in [-0.3, -0.25) is 14.1 Å². The van der Waals surface area contributed by atoms with E-state index in [9.17, 15) is 26.4 Å². The molecule has 0 bridgehead atoms. The van der Waals surface area contributed by atoms with Gasteiger partial charge < -0.3 is 8.98 Å². The van der Waals surface area contributed by atoms with Crippen LogP contribution in [0, 0.1) is 5.82 Å². The van der Waals surface area contributed by atoms with Gasteiger partial charge in [0.25, 0.3) is 6.43 Å². The zero-order valence-corrected chi connectivity index (χ0v) is 24.2. The number of aryl methyl sites for hydroxylation is 2. The molecule has 0 atom stereocenters. The topological polar surface area (TPSA) is 98.3 Å². The molecule has 0 N–H and O–H groups in total. The molecule has 222 valence electrons. The second-order valence-electron chi connectivity index (χ2n) is 10.6. The molecule has 0 fully saturated rings. The molecule has 4 aromatic heterocycles. The Bertz CT molecular complexity index is 2240. The summed E-state index contributed by atoms with van der Waals surface area (Å²) in [4.78, 5) is 21.1. The smallest absolute Gasteiger partial charge is 0.280 e. The van der Waals surface area contributed by atoms with Crippen molar-refractivity contribution < 1.29 is 30.8 Å². The summed E-state index contributed by atoms with van der Waals surface area (Å²) < 4.78 is 75.4. The predicted molar refractivity (Wildman–Crippen MR) is 161 cm³/mol. The molecule has 0 unspecified atom stereocenters. The van der Waals surface area contributed by atoms with Crippen molar-refractivity contribution in [2.75, 3.05) is 17.6 Å². The maximum Gasteiger partial charge on any atom is 0.280 e. The molecule has 7 rings (SSSR count). The molecule has 0 amide bonds. The molecule has 44 heavy (non-hydrogen) atoms. The summed E-state index contributed by atoms with van der Waals surface area (Å²) >= 11 is 0. The van der Waals surface area contributed by atoms with Gasteiger partial charge >= 0.3 is 0 Å². The SMILES string of the molecule is CN(c1cc2oc(-c3ccc(C(F)F)nc3)c(C=O)c2cc1-c1ccc2c(n1)-c1cc3c(F)cccc3n1CC2)S(C)(=O)=O. The minimum Gasteiger partial charge on any atom is -0.455 e. The number of carbonyl (C=O) groups excluding carboxylic acids is 1. The number of halogens is 3. The third kappa shape index (κ3) is 4.36. The van der Waals surface area contributed by atoms with E-state index in [4.69, 9.17) is 9.40 Å². The van der Waals surface area contributed by atoms with E-state index >= 15 is 0 Å². The Hall–Kier alpha value is -4.97. The lowest BCUT2D eigenvalue weighted by Crippen LogP contribution is -2.25. The van der Waals surface area contributed by atoms with E-state index in [2.05, 4.69) is 4.98 Å². The van der Waals surface area contributed by atoms with Crippen LogP contribution >= 0.6 is 0 Å². The first-order valence-corrected chi connectivity index (χ1v) is 15.4. The molecule has 0 spiro atoms. The molecule has 0 saturated carbocycles. The second-order valence-corrected chi connectivity index (χ2v) is 12.7. The van der Waals surface area contributed by atoms with Gasteiger partial charge in [0.1, 0.15) is 22.9 Å². The molecule has 6 aromatic rings. The number of hydrogen-bond donors (Lipinski definition) is 0. The number of sulfonamides is 1. The number of pyridine rings is 2. The van der Waals surface area contributed by atoms with Crippen molar-refractivity contribution in [1.82, 2.24) is 14.5 Å². The molecule has 2 aromatic carbocycles. The van der Waals surface area contributed by atoms with Gasteiger partial charge in [-0.1, -0.05) is 12.1 Å². The highest BCUT2D eigenvalue weighted by molar-refractivity contribution is 7.92. The summed E-state index contributed by atoms with van der Waals surface area (Å²) in [6.45, 7) is 0.651. The highest BCUT2D eigenvalue weighted by atomic mass is 32.2.